The fourth-order valence-corrected chi connectivity index (χ4v) is 3.93. The molecule has 1 amide bonds. The number of aliphatic carboxylic acids is 2. The second-order valence-corrected chi connectivity index (χ2v) is 8.45. The van der Waals surface area contributed by atoms with Gasteiger partial charge in [-0.05, 0) is 50.7 Å². The minimum atomic E-state index is -5.08. The third-order valence-corrected chi connectivity index (χ3v) is 5.74. The van der Waals surface area contributed by atoms with E-state index in [4.69, 9.17) is 19.8 Å². The molecular weight excluding hydrogens is 504 g/mol. The number of aromatic amines is 1. The van der Waals surface area contributed by atoms with E-state index in [1.807, 2.05) is 6.20 Å². The topological polar surface area (TPSA) is 139 Å². The molecule has 0 bridgehead atoms. The van der Waals surface area contributed by atoms with Crippen LogP contribution in [0.2, 0.25) is 0 Å². The first kappa shape index (κ1) is 31.2. The Morgan fingerprint density at radius 1 is 1.00 bits per heavy atom. The van der Waals surface area contributed by atoms with Crippen molar-refractivity contribution in [3.63, 3.8) is 0 Å². The Bertz CT molecular complexity index is 815. The summed E-state index contributed by atoms with van der Waals surface area (Å²) in [4.78, 5) is 41.5. The number of amides is 1. The van der Waals surface area contributed by atoms with Crippen LogP contribution in [0.3, 0.4) is 0 Å². The highest BCUT2D eigenvalue weighted by molar-refractivity contribution is 5.77. The number of carbonyl (C=O) groups is 3. The smallest absolute Gasteiger partial charge is 0.475 e. The maximum Gasteiger partial charge on any atom is 0.490 e. The zero-order valence-corrected chi connectivity index (χ0v) is 19.5. The van der Waals surface area contributed by atoms with Gasteiger partial charge in [-0.1, -0.05) is 0 Å². The summed E-state index contributed by atoms with van der Waals surface area (Å²) in [6.45, 7) is 5.98. The van der Waals surface area contributed by atoms with Crippen molar-refractivity contribution in [3.8, 4) is 0 Å². The number of H-pyrrole nitrogens is 1. The molecule has 0 radical (unpaired) electrons. The summed E-state index contributed by atoms with van der Waals surface area (Å²) >= 11 is 0. The largest absolute Gasteiger partial charge is 0.490 e. The van der Waals surface area contributed by atoms with E-state index in [1.165, 1.54) is 44.5 Å². The van der Waals surface area contributed by atoms with Crippen LogP contribution in [0.4, 0.5) is 26.3 Å². The van der Waals surface area contributed by atoms with E-state index in [9.17, 15) is 31.1 Å². The van der Waals surface area contributed by atoms with E-state index < -0.39 is 24.3 Å². The zero-order chi connectivity index (χ0) is 27.6. The van der Waals surface area contributed by atoms with E-state index in [0.29, 0.717) is 12.0 Å². The molecule has 1 aromatic rings. The minimum Gasteiger partial charge on any atom is -0.475 e. The maximum atomic E-state index is 11.5. The number of likely N-dealkylation sites (tertiary alicyclic amines) is 2. The van der Waals surface area contributed by atoms with Crippen molar-refractivity contribution in [2.24, 2.45) is 5.41 Å². The summed E-state index contributed by atoms with van der Waals surface area (Å²) < 4.78 is 63.5. The van der Waals surface area contributed by atoms with Crippen LogP contribution in [0.15, 0.2) is 12.5 Å². The number of alkyl halides is 6. The van der Waals surface area contributed by atoms with Crippen LogP contribution in [0.25, 0.3) is 0 Å². The van der Waals surface area contributed by atoms with Crippen molar-refractivity contribution >= 4 is 17.8 Å². The van der Waals surface area contributed by atoms with E-state index in [-0.39, 0.29) is 5.91 Å². The van der Waals surface area contributed by atoms with Gasteiger partial charge in [-0.15, -0.1) is 0 Å². The molecular formula is C20H29F6N5O5. The Morgan fingerprint density at radius 2 is 1.53 bits per heavy atom. The molecule has 206 valence electrons. The third-order valence-electron chi connectivity index (χ3n) is 5.74. The molecule has 1 spiro atoms. The number of imidazole rings is 1. The van der Waals surface area contributed by atoms with Gasteiger partial charge < -0.3 is 20.5 Å². The fourth-order valence-electron chi connectivity index (χ4n) is 3.93. The fraction of sp³-hybridized carbons (Fsp3) is 0.700. The van der Waals surface area contributed by atoms with Crippen LogP contribution in [0, 0.1) is 5.41 Å². The molecule has 0 saturated carbocycles. The predicted octanol–water partition coefficient (Wildman–Crippen LogP) is 2.10. The van der Waals surface area contributed by atoms with Crippen molar-refractivity contribution in [1.29, 1.82) is 0 Å². The van der Waals surface area contributed by atoms with Gasteiger partial charge in [0.2, 0.25) is 5.91 Å². The quantitative estimate of drug-likeness (QED) is 0.432. The standard InChI is InChI=1S/C16H27N5O.2C2HF3O2/c1-17-15(22)11-20-7-4-16(5-8-20)3-2-6-21(12-16)10-14-9-18-13-19-14;2*3-2(4,5)1(6)7/h9,13H,2-8,10-12H2,1H3,(H,17,22)(H,18,19);2*(H,6,7). The molecule has 36 heavy (non-hydrogen) atoms. The van der Waals surface area contributed by atoms with Gasteiger partial charge in [0, 0.05) is 32.0 Å². The highest BCUT2D eigenvalue weighted by atomic mass is 19.4. The molecule has 3 heterocycles. The average molecular weight is 533 g/mol. The number of hydrogen-bond donors (Lipinski definition) is 4. The summed E-state index contributed by atoms with van der Waals surface area (Å²) in [7, 11) is 1.71. The molecule has 2 saturated heterocycles. The number of rotatable bonds is 4. The molecule has 1 aromatic heterocycles. The van der Waals surface area contributed by atoms with Crippen LogP contribution in [0.5, 0.6) is 0 Å². The molecule has 2 aliphatic rings. The Morgan fingerprint density at radius 3 is 1.94 bits per heavy atom. The monoisotopic (exact) mass is 533 g/mol. The first-order valence-corrected chi connectivity index (χ1v) is 10.8. The molecule has 0 unspecified atom stereocenters. The molecule has 4 N–H and O–H groups in total. The SMILES string of the molecule is CNC(=O)CN1CCC2(CCCN(Cc3cnc[nH]3)C2)CC1.O=C(O)C(F)(F)F.O=C(O)C(F)(F)F. The Balaban J connectivity index is 0.000000383. The van der Waals surface area contributed by atoms with Gasteiger partial charge in [0.1, 0.15) is 0 Å². The number of hydrogen-bond acceptors (Lipinski definition) is 6. The van der Waals surface area contributed by atoms with Gasteiger partial charge in [0.05, 0.1) is 12.9 Å². The highest BCUT2D eigenvalue weighted by Gasteiger charge is 2.39. The minimum absolute atomic E-state index is 0.125. The summed E-state index contributed by atoms with van der Waals surface area (Å²) in [5.74, 6) is -5.39. The van der Waals surface area contributed by atoms with E-state index in [2.05, 4.69) is 25.1 Å². The first-order valence-electron chi connectivity index (χ1n) is 10.8. The van der Waals surface area contributed by atoms with Gasteiger partial charge in [-0.2, -0.15) is 26.3 Å². The van der Waals surface area contributed by atoms with Crippen molar-refractivity contribution in [2.45, 2.75) is 44.6 Å². The van der Waals surface area contributed by atoms with Crippen molar-refractivity contribution in [3.05, 3.63) is 18.2 Å². The number of likely N-dealkylation sites (N-methyl/N-ethyl adjacent to an activating group) is 1. The van der Waals surface area contributed by atoms with Crippen molar-refractivity contribution in [2.75, 3.05) is 39.8 Å². The van der Waals surface area contributed by atoms with Crippen molar-refractivity contribution < 1.29 is 50.9 Å². The van der Waals surface area contributed by atoms with Gasteiger partial charge in [0.25, 0.3) is 0 Å². The molecule has 0 aromatic carbocycles. The summed E-state index contributed by atoms with van der Waals surface area (Å²) in [5.41, 5.74) is 1.66. The van der Waals surface area contributed by atoms with Crippen LogP contribution >= 0.6 is 0 Å². The number of nitrogens with one attached hydrogen (secondary N) is 2. The summed E-state index contributed by atoms with van der Waals surface area (Å²) in [6.07, 6.45) is -1.45. The number of carboxylic acids is 2. The Labute approximate surface area is 202 Å². The molecule has 10 nitrogen and oxygen atoms in total. The number of carboxylic acid groups (broad SMARTS) is 2. The first-order chi connectivity index (χ1) is 16.6. The molecule has 16 heteroatoms. The van der Waals surface area contributed by atoms with Crippen molar-refractivity contribution in [1.82, 2.24) is 25.1 Å². The second-order valence-electron chi connectivity index (χ2n) is 8.45. The second kappa shape index (κ2) is 13.4. The van der Waals surface area contributed by atoms with Crippen LogP contribution in [0.1, 0.15) is 31.4 Å². The number of nitrogens with zero attached hydrogens (tertiary/aromatic N) is 3. The average Bonchev–Trinajstić information content (AvgIpc) is 3.28. The lowest BCUT2D eigenvalue weighted by atomic mass is 9.72. The molecule has 0 aliphatic carbocycles. The van der Waals surface area contributed by atoms with Crippen LogP contribution in [-0.2, 0) is 20.9 Å². The van der Waals surface area contributed by atoms with Gasteiger partial charge in [0.15, 0.2) is 0 Å². The third kappa shape index (κ3) is 11.2. The molecule has 2 fully saturated rings. The summed E-state index contributed by atoms with van der Waals surface area (Å²) in [6, 6.07) is 0. The molecule has 2 aliphatic heterocycles. The number of piperidine rings is 2. The normalized spacial score (nSPS) is 18.3. The Hall–Kier alpha value is -2.88. The molecule has 0 atom stereocenters. The van der Waals surface area contributed by atoms with E-state index >= 15 is 0 Å². The number of halogens is 6. The Kier molecular flexibility index (Phi) is 11.6. The number of carbonyl (C=O) groups excluding carboxylic acids is 1. The lowest BCUT2D eigenvalue weighted by molar-refractivity contribution is -0.193. The zero-order valence-electron chi connectivity index (χ0n) is 19.5. The van der Waals surface area contributed by atoms with Crippen LogP contribution < -0.4 is 5.32 Å². The van der Waals surface area contributed by atoms with Gasteiger partial charge >= 0.3 is 24.3 Å². The predicted molar refractivity (Wildman–Crippen MR) is 113 cm³/mol. The van der Waals surface area contributed by atoms with Gasteiger partial charge in [-0.3, -0.25) is 14.6 Å². The lowest BCUT2D eigenvalue weighted by Gasteiger charge is -2.47. The highest BCUT2D eigenvalue weighted by Crippen LogP contribution is 2.40. The number of aromatic nitrogens is 2. The van der Waals surface area contributed by atoms with E-state index in [1.54, 1.807) is 13.4 Å². The molecule has 3 rings (SSSR count). The van der Waals surface area contributed by atoms with E-state index in [0.717, 1.165) is 19.6 Å². The lowest BCUT2D eigenvalue weighted by Crippen LogP contribution is -2.50. The van der Waals surface area contributed by atoms with Gasteiger partial charge in [-0.25, -0.2) is 14.6 Å². The van der Waals surface area contributed by atoms with Crippen LogP contribution in [-0.4, -0.2) is 100.0 Å². The maximum absolute atomic E-state index is 11.5. The summed E-state index contributed by atoms with van der Waals surface area (Å²) in [5, 5.41) is 17.0.